The fourth-order valence-electron chi connectivity index (χ4n) is 3.40. The number of carbonyl (C=O) groups is 1. The molecule has 0 fully saturated rings. The molecular weight excluding hydrogens is 324 g/mol. The molecule has 4 aromatic rings. The third-order valence-corrected chi connectivity index (χ3v) is 4.52. The van der Waals surface area contributed by atoms with Gasteiger partial charge >= 0.3 is 0 Å². The number of anilines is 1. The van der Waals surface area contributed by atoms with E-state index in [1.807, 2.05) is 24.3 Å². The lowest BCUT2D eigenvalue weighted by Gasteiger charge is -2.08. The summed E-state index contributed by atoms with van der Waals surface area (Å²) in [5.74, 6) is -0.153. The first-order valence-electron chi connectivity index (χ1n) is 8.60. The van der Waals surface area contributed by atoms with Gasteiger partial charge in [0.25, 0.3) is 0 Å². The summed E-state index contributed by atoms with van der Waals surface area (Å²) >= 11 is 0. The third-order valence-electron chi connectivity index (χ3n) is 4.52. The topological polar surface area (TPSA) is 43.3 Å². The van der Waals surface area contributed by atoms with Crippen molar-refractivity contribution in [2.24, 2.45) is 0 Å². The third kappa shape index (κ3) is 3.07. The molecule has 130 valence electrons. The second-order valence-corrected chi connectivity index (χ2v) is 6.30. The van der Waals surface area contributed by atoms with E-state index in [0.29, 0.717) is 0 Å². The zero-order valence-corrected chi connectivity index (χ0v) is 14.6. The number of aromatic nitrogens is 1. The van der Waals surface area contributed by atoms with Gasteiger partial charge < -0.3 is 14.6 Å². The Morgan fingerprint density at radius 3 is 2.46 bits per heavy atom. The van der Waals surface area contributed by atoms with Crippen molar-refractivity contribution in [1.29, 1.82) is 0 Å². The highest BCUT2D eigenvalue weighted by Crippen LogP contribution is 2.31. The maximum absolute atomic E-state index is 11.8. The number of benzene rings is 3. The van der Waals surface area contributed by atoms with Gasteiger partial charge in [0.05, 0.1) is 0 Å². The number of rotatable bonds is 5. The fourth-order valence-corrected chi connectivity index (χ4v) is 3.40. The molecule has 0 aliphatic rings. The molecule has 1 N–H and O–H groups in total. The Bertz CT molecular complexity index is 1070. The second kappa shape index (κ2) is 7.02. The van der Waals surface area contributed by atoms with Gasteiger partial charge in [0, 0.05) is 41.1 Å². The van der Waals surface area contributed by atoms with Crippen LogP contribution in [0.15, 0.2) is 72.8 Å². The predicted molar refractivity (Wildman–Crippen MR) is 105 cm³/mol. The molecule has 0 saturated heterocycles. The van der Waals surface area contributed by atoms with Gasteiger partial charge in [0.2, 0.25) is 5.91 Å². The summed E-state index contributed by atoms with van der Waals surface area (Å²) in [4.78, 5) is 11.8. The normalized spacial score (nSPS) is 11.1. The zero-order valence-electron chi connectivity index (χ0n) is 14.6. The summed E-state index contributed by atoms with van der Waals surface area (Å²) in [7, 11) is 1.51. The molecule has 3 aromatic carbocycles. The molecule has 1 aromatic heterocycles. The van der Waals surface area contributed by atoms with E-state index >= 15 is 0 Å². The van der Waals surface area contributed by atoms with Crippen molar-refractivity contribution >= 4 is 33.4 Å². The van der Waals surface area contributed by atoms with Crippen LogP contribution in [0.25, 0.3) is 21.8 Å². The van der Waals surface area contributed by atoms with Crippen molar-refractivity contribution in [3.8, 4) is 0 Å². The number of nitrogens with one attached hydrogen (secondary N) is 1. The maximum Gasteiger partial charge on any atom is 0.250 e. The van der Waals surface area contributed by atoms with E-state index in [-0.39, 0.29) is 12.5 Å². The van der Waals surface area contributed by atoms with E-state index < -0.39 is 0 Å². The summed E-state index contributed by atoms with van der Waals surface area (Å²) in [5, 5.41) is 5.20. The molecule has 0 aliphatic heterocycles. The Balaban J connectivity index is 1.82. The minimum absolute atomic E-state index is 0.0494. The quantitative estimate of drug-likeness (QED) is 0.582. The summed E-state index contributed by atoms with van der Waals surface area (Å²) in [5.41, 5.74) is 4.38. The predicted octanol–water partition coefficient (Wildman–Crippen LogP) is 4.43. The largest absolute Gasteiger partial charge is 0.375 e. The molecule has 0 bridgehead atoms. The summed E-state index contributed by atoms with van der Waals surface area (Å²) in [6.45, 7) is 0.855. The van der Waals surface area contributed by atoms with Gasteiger partial charge in [0.1, 0.15) is 6.61 Å². The number of hydrogen-bond acceptors (Lipinski definition) is 2. The molecule has 0 aliphatic carbocycles. The molecule has 0 atom stereocenters. The van der Waals surface area contributed by atoms with Gasteiger partial charge in [0.15, 0.2) is 0 Å². The number of amides is 1. The Morgan fingerprint density at radius 1 is 0.923 bits per heavy atom. The Hall–Kier alpha value is -3.11. The Labute approximate surface area is 152 Å². The molecule has 26 heavy (non-hydrogen) atoms. The van der Waals surface area contributed by atoms with E-state index in [4.69, 9.17) is 4.74 Å². The number of ether oxygens (including phenoxy) is 1. The van der Waals surface area contributed by atoms with E-state index in [1.165, 1.54) is 23.6 Å². The molecule has 0 saturated carbocycles. The van der Waals surface area contributed by atoms with Gasteiger partial charge in [-0.25, -0.2) is 0 Å². The van der Waals surface area contributed by atoms with Gasteiger partial charge in [-0.2, -0.15) is 0 Å². The molecule has 4 nitrogen and oxygen atoms in total. The molecule has 0 radical (unpaired) electrons. The van der Waals surface area contributed by atoms with Crippen LogP contribution in [0, 0.1) is 0 Å². The molecule has 1 heterocycles. The first kappa shape index (κ1) is 16.4. The smallest absolute Gasteiger partial charge is 0.250 e. The van der Waals surface area contributed by atoms with E-state index in [2.05, 4.69) is 58.4 Å². The number of hydrogen-bond donors (Lipinski definition) is 1. The lowest BCUT2D eigenvalue weighted by molar-refractivity contribution is -0.119. The van der Waals surface area contributed by atoms with Crippen molar-refractivity contribution in [3.05, 3.63) is 78.4 Å². The summed E-state index contributed by atoms with van der Waals surface area (Å²) < 4.78 is 7.21. The van der Waals surface area contributed by atoms with Crippen LogP contribution in [0.5, 0.6) is 0 Å². The van der Waals surface area contributed by atoms with Crippen molar-refractivity contribution in [2.45, 2.75) is 6.54 Å². The zero-order chi connectivity index (χ0) is 17.9. The average molecular weight is 344 g/mol. The van der Waals surface area contributed by atoms with Crippen LogP contribution in [0.1, 0.15) is 5.56 Å². The van der Waals surface area contributed by atoms with Gasteiger partial charge in [-0.1, -0.05) is 48.5 Å². The number of fused-ring (bicyclic) bond motifs is 3. The number of carbonyl (C=O) groups excluding carboxylic acids is 1. The minimum atomic E-state index is -0.153. The van der Waals surface area contributed by atoms with Gasteiger partial charge in [-0.05, 0) is 29.8 Å². The number of nitrogens with zero attached hydrogens (tertiary/aromatic N) is 1. The van der Waals surface area contributed by atoms with E-state index in [9.17, 15) is 4.79 Å². The molecule has 4 rings (SSSR count). The Kier molecular flexibility index (Phi) is 4.42. The van der Waals surface area contributed by atoms with Crippen LogP contribution in [-0.2, 0) is 16.1 Å². The molecule has 0 unspecified atom stereocenters. The highest BCUT2D eigenvalue weighted by atomic mass is 16.5. The van der Waals surface area contributed by atoms with E-state index in [1.54, 1.807) is 0 Å². The Morgan fingerprint density at radius 2 is 1.65 bits per heavy atom. The van der Waals surface area contributed by atoms with Crippen molar-refractivity contribution in [1.82, 2.24) is 4.57 Å². The van der Waals surface area contributed by atoms with Crippen LogP contribution < -0.4 is 5.32 Å². The molecule has 1 amide bonds. The van der Waals surface area contributed by atoms with Crippen molar-refractivity contribution in [2.75, 3.05) is 19.0 Å². The van der Waals surface area contributed by atoms with Crippen LogP contribution in [0.2, 0.25) is 0 Å². The van der Waals surface area contributed by atoms with Crippen molar-refractivity contribution < 1.29 is 9.53 Å². The van der Waals surface area contributed by atoms with Crippen LogP contribution >= 0.6 is 0 Å². The molecular formula is C22H20N2O2. The van der Waals surface area contributed by atoms with Crippen LogP contribution in [-0.4, -0.2) is 24.2 Å². The van der Waals surface area contributed by atoms with Gasteiger partial charge in [-0.3, -0.25) is 4.79 Å². The van der Waals surface area contributed by atoms with Crippen LogP contribution in [0.3, 0.4) is 0 Å². The molecule has 4 heteroatoms. The highest BCUT2D eigenvalue weighted by Gasteiger charge is 2.12. The standard InChI is InChI=1S/C22H20N2O2/c1-26-15-22(25)23-17-11-12-21-19(13-17)18-9-5-6-10-20(18)24(21)14-16-7-3-2-4-8-16/h2-13H,14-15H2,1H3,(H,23,25). The second-order valence-electron chi connectivity index (χ2n) is 6.30. The monoisotopic (exact) mass is 344 g/mol. The molecule has 0 spiro atoms. The first-order chi connectivity index (χ1) is 12.8. The lowest BCUT2D eigenvalue weighted by Crippen LogP contribution is -2.16. The lowest BCUT2D eigenvalue weighted by atomic mass is 10.1. The van der Waals surface area contributed by atoms with E-state index in [0.717, 1.165) is 23.1 Å². The van der Waals surface area contributed by atoms with Gasteiger partial charge in [-0.15, -0.1) is 0 Å². The van der Waals surface area contributed by atoms with Crippen LogP contribution in [0.4, 0.5) is 5.69 Å². The number of methoxy groups -OCH3 is 1. The average Bonchev–Trinajstić information content (AvgIpc) is 2.96. The SMILES string of the molecule is COCC(=O)Nc1ccc2c(c1)c1ccccc1n2Cc1ccccc1. The minimum Gasteiger partial charge on any atom is -0.375 e. The summed E-state index contributed by atoms with van der Waals surface area (Å²) in [6.07, 6.45) is 0. The van der Waals surface area contributed by atoms with Crippen molar-refractivity contribution in [3.63, 3.8) is 0 Å². The highest BCUT2D eigenvalue weighted by molar-refractivity contribution is 6.09. The fraction of sp³-hybridized carbons (Fsp3) is 0.136. The first-order valence-corrected chi connectivity index (χ1v) is 8.60. The maximum atomic E-state index is 11.8. The number of para-hydroxylation sites is 1. The summed E-state index contributed by atoms with van der Waals surface area (Å²) in [6, 6.07) is 24.9.